The molecule has 1 radical (unpaired) electrons. The molecule has 0 heterocycles. The Hall–Kier alpha value is -1.41. The molecule has 2 aromatic rings. The summed E-state index contributed by atoms with van der Waals surface area (Å²) in [6.07, 6.45) is 0. The molecule has 0 aliphatic heterocycles. The lowest BCUT2D eigenvalue weighted by molar-refractivity contribution is 0.179. The molecule has 0 atom stereocenters. The van der Waals surface area contributed by atoms with Crippen molar-refractivity contribution < 1.29 is 9.50 Å². The monoisotopic (exact) mass is 175 g/mol. The SMILES string of the molecule is [O]Cc1cccc2c(F)cccc12. The zero-order valence-electron chi connectivity index (χ0n) is 6.96. The molecule has 0 fully saturated rings. The fourth-order valence-corrected chi connectivity index (χ4v) is 1.46. The molecule has 13 heavy (non-hydrogen) atoms. The highest BCUT2D eigenvalue weighted by Crippen LogP contribution is 2.21. The van der Waals surface area contributed by atoms with Crippen LogP contribution >= 0.6 is 0 Å². The minimum Gasteiger partial charge on any atom is -0.232 e. The lowest BCUT2D eigenvalue weighted by Crippen LogP contribution is -1.86. The minimum absolute atomic E-state index is 0.271. The van der Waals surface area contributed by atoms with Gasteiger partial charge < -0.3 is 0 Å². The van der Waals surface area contributed by atoms with E-state index in [1.807, 2.05) is 0 Å². The van der Waals surface area contributed by atoms with Gasteiger partial charge in [-0.1, -0.05) is 30.3 Å². The van der Waals surface area contributed by atoms with E-state index in [9.17, 15) is 9.50 Å². The van der Waals surface area contributed by atoms with E-state index < -0.39 is 0 Å². The summed E-state index contributed by atoms with van der Waals surface area (Å²) in [4.78, 5) is 0. The number of benzene rings is 2. The van der Waals surface area contributed by atoms with Crippen molar-refractivity contribution in [2.24, 2.45) is 0 Å². The second-order valence-electron chi connectivity index (χ2n) is 2.90. The van der Waals surface area contributed by atoms with Crippen molar-refractivity contribution in [3.63, 3.8) is 0 Å². The third-order valence-electron chi connectivity index (χ3n) is 2.11. The van der Waals surface area contributed by atoms with Gasteiger partial charge in [-0.3, -0.25) is 0 Å². The van der Waals surface area contributed by atoms with Crippen LogP contribution in [0.5, 0.6) is 0 Å². The average Bonchev–Trinajstić information content (AvgIpc) is 2.18. The van der Waals surface area contributed by atoms with Crippen molar-refractivity contribution in [1.29, 1.82) is 0 Å². The van der Waals surface area contributed by atoms with E-state index in [0.29, 0.717) is 10.9 Å². The molecule has 65 valence electrons. The molecule has 0 aliphatic carbocycles. The van der Waals surface area contributed by atoms with Crippen LogP contribution in [0.25, 0.3) is 10.8 Å². The first-order chi connectivity index (χ1) is 6.33. The summed E-state index contributed by atoms with van der Waals surface area (Å²) in [5.74, 6) is -0.271. The van der Waals surface area contributed by atoms with Crippen LogP contribution in [0.1, 0.15) is 5.56 Å². The smallest absolute Gasteiger partial charge is 0.131 e. The van der Waals surface area contributed by atoms with E-state index >= 15 is 0 Å². The standard InChI is InChI=1S/C11H8FO/c12-11-6-2-4-9-8(7-13)3-1-5-10(9)11/h1-6H,7H2. The average molecular weight is 175 g/mol. The second-order valence-corrected chi connectivity index (χ2v) is 2.90. The Bertz CT molecular complexity index is 437. The maximum atomic E-state index is 13.2. The summed E-state index contributed by atoms with van der Waals surface area (Å²) in [6.45, 7) is -0.305. The Morgan fingerprint density at radius 1 is 1.00 bits per heavy atom. The maximum absolute atomic E-state index is 13.2. The molecule has 2 heteroatoms. The van der Waals surface area contributed by atoms with Crippen molar-refractivity contribution >= 4 is 10.8 Å². The van der Waals surface area contributed by atoms with Crippen LogP contribution in [0, 0.1) is 5.82 Å². The largest absolute Gasteiger partial charge is 0.232 e. The van der Waals surface area contributed by atoms with Gasteiger partial charge in [-0.15, -0.1) is 0 Å². The molecule has 0 saturated heterocycles. The fourth-order valence-electron chi connectivity index (χ4n) is 1.46. The Morgan fingerprint density at radius 2 is 1.69 bits per heavy atom. The Morgan fingerprint density at radius 3 is 2.46 bits per heavy atom. The summed E-state index contributed by atoms with van der Waals surface area (Å²) < 4.78 is 13.2. The molecule has 0 unspecified atom stereocenters. The van der Waals surface area contributed by atoms with Gasteiger partial charge in [-0.25, -0.2) is 9.50 Å². The van der Waals surface area contributed by atoms with Gasteiger partial charge in [-0.05, 0) is 17.0 Å². The molecule has 0 spiro atoms. The zero-order valence-corrected chi connectivity index (χ0v) is 6.96. The predicted molar refractivity (Wildman–Crippen MR) is 48.3 cm³/mol. The minimum atomic E-state index is -0.305. The van der Waals surface area contributed by atoms with Gasteiger partial charge >= 0.3 is 0 Å². The number of rotatable bonds is 1. The highest BCUT2D eigenvalue weighted by atomic mass is 19.1. The van der Waals surface area contributed by atoms with Crippen LogP contribution in [0.2, 0.25) is 0 Å². The first-order valence-corrected chi connectivity index (χ1v) is 4.07. The highest BCUT2D eigenvalue weighted by molar-refractivity contribution is 5.86. The highest BCUT2D eigenvalue weighted by Gasteiger charge is 2.02. The predicted octanol–water partition coefficient (Wildman–Crippen LogP) is 2.91. The molecular weight excluding hydrogens is 167 g/mol. The van der Waals surface area contributed by atoms with Gasteiger partial charge in [-0.2, -0.15) is 0 Å². The van der Waals surface area contributed by atoms with E-state index in [0.717, 1.165) is 5.39 Å². The summed E-state index contributed by atoms with van der Waals surface area (Å²) in [5.41, 5.74) is 0.650. The van der Waals surface area contributed by atoms with Crippen LogP contribution in [-0.4, -0.2) is 0 Å². The Balaban J connectivity index is 2.84. The Labute approximate surface area is 75.4 Å². The molecular formula is C11H8FO. The lowest BCUT2D eigenvalue weighted by Gasteiger charge is -2.02. The number of halogens is 1. The van der Waals surface area contributed by atoms with Crippen LogP contribution in [-0.2, 0) is 11.7 Å². The third kappa shape index (κ3) is 1.29. The van der Waals surface area contributed by atoms with Crippen molar-refractivity contribution in [2.45, 2.75) is 6.61 Å². The molecule has 2 rings (SSSR count). The van der Waals surface area contributed by atoms with Crippen molar-refractivity contribution in [3.05, 3.63) is 47.8 Å². The molecule has 2 aromatic carbocycles. The Kier molecular flexibility index (Phi) is 1.99. The number of fused-ring (bicyclic) bond motifs is 1. The first kappa shape index (κ1) is 8.20. The second kappa shape index (κ2) is 3.15. The molecule has 0 aliphatic rings. The zero-order chi connectivity index (χ0) is 9.26. The van der Waals surface area contributed by atoms with E-state index in [4.69, 9.17) is 0 Å². The van der Waals surface area contributed by atoms with E-state index in [-0.39, 0.29) is 12.4 Å². The number of hydrogen-bond donors (Lipinski definition) is 0. The van der Waals surface area contributed by atoms with E-state index in [1.165, 1.54) is 6.07 Å². The van der Waals surface area contributed by atoms with Gasteiger partial charge in [0.15, 0.2) is 0 Å². The van der Waals surface area contributed by atoms with Crippen LogP contribution in [0.3, 0.4) is 0 Å². The van der Waals surface area contributed by atoms with Crippen molar-refractivity contribution in [2.75, 3.05) is 0 Å². The third-order valence-corrected chi connectivity index (χ3v) is 2.11. The normalized spacial score (nSPS) is 10.6. The molecule has 0 aromatic heterocycles. The van der Waals surface area contributed by atoms with Gasteiger partial charge in [0.1, 0.15) is 12.4 Å². The van der Waals surface area contributed by atoms with Crippen LogP contribution in [0.4, 0.5) is 4.39 Å². The van der Waals surface area contributed by atoms with Crippen LogP contribution < -0.4 is 0 Å². The summed E-state index contributed by atoms with van der Waals surface area (Å²) in [5, 5.41) is 12.0. The van der Waals surface area contributed by atoms with Gasteiger partial charge in [0.05, 0.1) is 0 Å². The fraction of sp³-hybridized carbons (Fsp3) is 0.0909. The maximum Gasteiger partial charge on any atom is 0.131 e. The quantitative estimate of drug-likeness (QED) is 0.635. The van der Waals surface area contributed by atoms with Crippen molar-refractivity contribution in [3.8, 4) is 0 Å². The molecule has 0 bridgehead atoms. The van der Waals surface area contributed by atoms with E-state index in [2.05, 4.69) is 0 Å². The van der Waals surface area contributed by atoms with Gasteiger partial charge in [0.2, 0.25) is 0 Å². The van der Waals surface area contributed by atoms with Crippen molar-refractivity contribution in [1.82, 2.24) is 0 Å². The number of hydrogen-bond acceptors (Lipinski definition) is 0. The van der Waals surface area contributed by atoms with E-state index in [1.54, 1.807) is 30.3 Å². The van der Waals surface area contributed by atoms with Gasteiger partial charge in [0, 0.05) is 5.39 Å². The summed E-state index contributed by atoms with van der Waals surface area (Å²) >= 11 is 0. The summed E-state index contributed by atoms with van der Waals surface area (Å²) in [6, 6.07) is 9.91. The molecule has 0 N–H and O–H groups in total. The summed E-state index contributed by atoms with van der Waals surface area (Å²) in [7, 11) is 0. The lowest BCUT2D eigenvalue weighted by atomic mass is 10.0. The molecule has 0 amide bonds. The topological polar surface area (TPSA) is 19.9 Å². The molecule has 1 nitrogen and oxygen atoms in total. The van der Waals surface area contributed by atoms with Crippen LogP contribution in [0.15, 0.2) is 36.4 Å². The van der Waals surface area contributed by atoms with Gasteiger partial charge in [0.25, 0.3) is 0 Å². The first-order valence-electron chi connectivity index (χ1n) is 4.07. The molecule has 0 saturated carbocycles.